The average Bonchev–Trinajstić information content (AvgIpc) is 2.15. The molecule has 0 heterocycles. The minimum Gasteiger partial charge on any atom is -0.507 e. The fraction of sp³-hybridized carbons (Fsp3) is 0.222. The quantitative estimate of drug-likeness (QED) is 0.727. The molecule has 1 atom stereocenters. The predicted octanol–water partition coefficient (Wildman–Crippen LogP) is 1.53. The van der Waals surface area contributed by atoms with Crippen molar-refractivity contribution in [3.05, 3.63) is 29.3 Å². The molecule has 3 N–H and O–H groups in total. The zero-order valence-electron chi connectivity index (χ0n) is 7.69. The van der Waals surface area contributed by atoms with Crippen LogP contribution in [0, 0.1) is 0 Å². The van der Waals surface area contributed by atoms with Gasteiger partial charge in [0.1, 0.15) is 5.75 Å². The number of hydrogen-bond acceptors (Lipinski definition) is 3. The van der Waals surface area contributed by atoms with Crippen molar-refractivity contribution in [2.75, 3.05) is 0 Å². The monoisotopic (exact) mass is 236 g/mol. The number of rotatable bonds is 2. The Morgan fingerprint density at radius 1 is 1.31 bits per heavy atom. The smallest absolute Gasteiger partial charge is 0.419 e. The van der Waals surface area contributed by atoms with Crippen molar-refractivity contribution in [2.24, 2.45) is 0 Å². The van der Waals surface area contributed by atoms with Crippen molar-refractivity contribution in [1.82, 2.24) is 0 Å². The van der Waals surface area contributed by atoms with E-state index in [4.69, 9.17) is 15.3 Å². The van der Waals surface area contributed by atoms with Crippen LogP contribution in [0.15, 0.2) is 18.2 Å². The molecule has 88 valence electrons. The predicted molar refractivity (Wildman–Crippen MR) is 45.7 cm³/mol. The number of hydrogen-bond donors (Lipinski definition) is 3. The van der Waals surface area contributed by atoms with Gasteiger partial charge in [-0.25, -0.2) is 4.79 Å². The van der Waals surface area contributed by atoms with Crippen LogP contribution in [0.5, 0.6) is 5.75 Å². The second kappa shape index (κ2) is 4.01. The highest BCUT2D eigenvalue weighted by atomic mass is 19.4. The summed E-state index contributed by atoms with van der Waals surface area (Å²) < 4.78 is 36.9. The number of phenols is 1. The van der Waals surface area contributed by atoms with Crippen molar-refractivity contribution in [1.29, 1.82) is 0 Å². The summed E-state index contributed by atoms with van der Waals surface area (Å²) in [5, 5.41) is 26.4. The number of benzene rings is 1. The van der Waals surface area contributed by atoms with Gasteiger partial charge in [0.2, 0.25) is 0 Å². The zero-order valence-corrected chi connectivity index (χ0v) is 7.69. The van der Waals surface area contributed by atoms with Crippen LogP contribution in [0.2, 0.25) is 0 Å². The molecule has 0 amide bonds. The van der Waals surface area contributed by atoms with Crippen molar-refractivity contribution in [2.45, 2.75) is 12.3 Å². The van der Waals surface area contributed by atoms with Crippen LogP contribution >= 0.6 is 0 Å². The van der Waals surface area contributed by atoms with Gasteiger partial charge in [-0.15, -0.1) is 0 Å². The summed E-state index contributed by atoms with van der Waals surface area (Å²) in [6.45, 7) is 0. The van der Waals surface area contributed by atoms with E-state index < -0.39 is 35.1 Å². The minimum absolute atomic E-state index is 0.397. The lowest BCUT2D eigenvalue weighted by Crippen LogP contribution is -2.12. The lowest BCUT2D eigenvalue weighted by atomic mass is 10.0. The van der Waals surface area contributed by atoms with Gasteiger partial charge in [-0.2, -0.15) is 13.2 Å². The van der Waals surface area contributed by atoms with Crippen LogP contribution < -0.4 is 0 Å². The maximum atomic E-state index is 12.3. The molecular weight excluding hydrogens is 229 g/mol. The van der Waals surface area contributed by atoms with Crippen LogP contribution in [-0.2, 0) is 11.0 Å². The molecule has 4 nitrogen and oxygen atoms in total. The van der Waals surface area contributed by atoms with Crippen LogP contribution in [0.1, 0.15) is 17.2 Å². The highest BCUT2D eigenvalue weighted by Gasteiger charge is 2.34. The fourth-order valence-corrected chi connectivity index (χ4v) is 1.09. The third-order valence-electron chi connectivity index (χ3n) is 1.88. The number of aliphatic carboxylic acids is 1. The molecular formula is C9H7F3O4. The maximum absolute atomic E-state index is 12.3. The normalized spacial score (nSPS) is 13.5. The van der Waals surface area contributed by atoms with E-state index in [-0.39, 0.29) is 0 Å². The number of carboxylic acids is 1. The van der Waals surface area contributed by atoms with Gasteiger partial charge in [-0.3, -0.25) is 0 Å². The summed E-state index contributed by atoms with van der Waals surface area (Å²) in [4.78, 5) is 10.4. The van der Waals surface area contributed by atoms with E-state index in [2.05, 4.69) is 0 Å². The topological polar surface area (TPSA) is 77.8 Å². The highest BCUT2D eigenvalue weighted by Crippen LogP contribution is 2.36. The lowest BCUT2D eigenvalue weighted by molar-refractivity contribution is -0.147. The summed E-state index contributed by atoms with van der Waals surface area (Å²) in [6.07, 6.45) is -6.86. The first-order valence-electron chi connectivity index (χ1n) is 4.04. The Morgan fingerprint density at radius 3 is 2.31 bits per heavy atom. The summed E-state index contributed by atoms with van der Waals surface area (Å²) in [7, 11) is 0. The highest BCUT2D eigenvalue weighted by molar-refractivity contribution is 5.74. The number of aliphatic hydroxyl groups is 1. The Balaban J connectivity index is 3.23. The molecule has 0 saturated carbocycles. The number of alkyl halides is 3. The third kappa shape index (κ3) is 2.43. The molecule has 0 aliphatic rings. The first-order valence-corrected chi connectivity index (χ1v) is 4.04. The Kier molecular flexibility index (Phi) is 3.09. The molecule has 1 aromatic rings. The van der Waals surface area contributed by atoms with E-state index in [1.807, 2.05) is 0 Å². The average molecular weight is 236 g/mol. The molecule has 16 heavy (non-hydrogen) atoms. The fourth-order valence-electron chi connectivity index (χ4n) is 1.09. The number of phenolic OH excluding ortho intramolecular Hbond substituents is 1. The first kappa shape index (κ1) is 12.3. The molecule has 1 unspecified atom stereocenters. The Hall–Kier alpha value is -1.76. The molecule has 1 rings (SSSR count). The van der Waals surface area contributed by atoms with Crippen LogP contribution in [0.4, 0.5) is 13.2 Å². The number of halogens is 3. The molecule has 0 aliphatic carbocycles. The summed E-state index contributed by atoms with van der Waals surface area (Å²) >= 11 is 0. The number of carboxylic acid groups (broad SMARTS) is 1. The van der Waals surface area contributed by atoms with Crippen molar-refractivity contribution < 1.29 is 33.3 Å². The van der Waals surface area contributed by atoms with Crippen molar-refractivity contribution >= 4 is 5.97 Å². The van der Waals surface area contributed by atoms with Gasteiger partial charge in [0, 0.05) is 0 Å². The van der Waals surface area contributed by atoms with Gasteiger partial charge in [-0.05, 0) is 17.7 Å². The summed E-state index contributed by atoms with van der Waals surface area (Å²) in [5.74, 6) is -2.69. The molecule has 0 spiro atoms. The SMILES string of the molecule is O=C(O)C(O)c1ccc(O)c(C(F)(F)F)c1. The minimum atomic E-state index is -4.81. The number of carbonyl (C=O) groups is 1. The Labute approximate surface area is 87.6 Å². The van der Waals surface area contributed by atoms with Gasteiger partial charge in [0.25, 0.3) is 0 Å². The second-order valence-corrected chi connectivity index (χ2v) is 3.02. The van der Waals surface area contributed by atoms with Gasteiger partial charge >= 0.3 is 12.1 Å². The first-order chi connectivity index (χ1) is 7.23. The molecule has 0 aliphatic heterocycles. The van der Waals surface area contributed by atoms with E-state index in [1.54, 1.807) is 0 Å². The van der Waals surface area contributed by atoms with E-state index in [1.165, 1.54) is 0 Å². The molecule has 7 heteroatoms. The van der Waals surface area contributed by atoms with E-state index >= 15 is 0 Å². The summed E-state index contributed by atoms with van der Waals surface area (Å²) in [6, 6.07) is 1.99. The van der Waals surface area contributed by atoms with Crippen LogP contribution in [-0.4, -0.2) is 21.3 Å². The third-order valence-corrected chi connectivity index (χ3v) is 1.88. The zero-order chi connectivity index (χ0) is 12.5. The molecule has 0 saturated heterocycles. The van der Waals surface area contributed by atoms with Crippen LogP contribution in [0.25, 0.3) is 0 Å². The van der Waals surface area contributed by atoms with Gasteiger partial charge in [0.15, 0.2) is 6.10 Å². The lowest BCUT2D eigenvalue weighted by Gasteiger charge is -2.12. The van der Waals surface area contributed by atoms with Crippen molar-refractivity contribution in [3.63, 3.8) is 0 Å². The second-order valence-electron chi connectivity index (χ2n) is 3.02. The Bertz CT molecular complexity index is 414. The van der Waals surface area contributed by atoms with E-state index in [0.717, 1.165) is 6.07 Å². The molecule has 0 aromatic heterocycles. The van der Waals surface area contributed by atoms with E-state index in [9.17, 15) is 18.0 Å². The largest absolute Gasteiger partial charge is 0.507 e. The number of aliphatic hydroxyl groups excluding tert-OH is 1. The summed E-state index contributed by atoms with van der Waals surface area (Å²) in [5.41, 5.74) is -1.83. The molecule has 1 aromatic carbocycles. The number of aromatic hydroxyl groups is 1. The maximum Gasteiger partial charge on any atom is 0.419 e. The van der Waals surface area contributed by atoms with Gasteiger partial charge in [-0.1, -0.05) is 6.07 Å². The molecule has 0 radical (unpaired) electrons. The van der Waals surface area contributed by atoms with Gasteiger partial charge in [0.05, 0.1) is 5.56 Å². The van der Waals surface area contributed by atoms with Crippen LogP contribution in [0.3, 0.4) is 0 Å². The standard InChI is InChI=1S/C9H7F3O4/c10-9(11,12)5-3-4(1-2-6(5)13)7(14)8(15)16/h1-3,7,13-14H,(H,15,16). The molecule has 0 fully saturated rings. The Morgan fingerprint density at radius 2 is 1.88 bits per heavy atom. The van der Waals surface area contributed by atoms with Crippen molar-refractivity contribution in [3.8, 4) is 5.75 Å². The molecule has 0 bridgehead atoms. The van der Waals surface area contributed by atoms with E-state index in [0.29, 0.717) is 12.1 Å². The van der Waals surface area contributed by atoms with Gasteiger partial charge < -0.3 is 15.3 Å².